The molecule has 0 saturated carbocycles. The van der Waals surface area contributed by atoms with Crippen LogP contribution < -0.4 is 11.1 Å². The lowest BCUT2D eigenvalue weighted by Crippen LogP contribution is -2.45. The lowest BCUT2D eigenvalue weighted by atomic mass is 10.0. The van der Waals surface area contributed by atoms with Crippen LogP contribution in [0.5, 0.6) is 0 Å². The molecule has 1 aromatic rings. The Bertz CT molecular complexity index is 413. The molecular formula is C12H16F4N2. The highest BCUT2D eigenvalue weighted by atomic mass is 19.4. The third-order valence-electron chi connectivity index (χ3n) is 2.64. The Morgan fingerprint density at radius 1 is 1.22 bits per heavy atom. The van der Waals surface area contributed by atoms with Crippen molar-refractivity contribution in [1.29, 1.82) is 0 Å². The number of rotatable bonds is 4. The highest BCUT2D eigenvalue weighted by molar-refractivity contribution is 5.27. The molecule has 0 spiro atoms. The van der Waals surface area contributed by atoms with E-state index < -0.39 is 23.1 Å². The van der Waals surface area contributed by atoms with Crippen molar-refractivity contribution >= 4 is 0 Å². The van der Waals surface area contributed by atoms with Gasteiger partial charge in [-0.05, 0) is 32.0 Å². The fourth-order valence-corrected chi connectivity index (χ4v) is 1.29. The Hall–Kier alpha value is -1.14. The SMILES string of the molecule is CC(C)(CN)NCc1cc(C(F)(F)F)ccc1F. The summed E-state index contributed by atoms with van der Waals surface area (Å²) in [4.78, 5) is 0. The Labute approximate surface area is 103 Å². The third kappa shape index (κ3) is 3.96. The smallest absolute Gasteiger partial charge is 0.329 e. The van der Waals surface area contributed by atoms with Gasteiger partial charge >= 0.3 is 6.18 Å². The second-order valence-corrected chi connectivity index (χ2v) is 4.75. The van der Waals surface area contributed by atoms with Crippen LogP contribution in [0, 0.1) is 5.82 Å². The normalized spacial score (nSPS) is 12.8. The second-order valence-electron chi connectivity index (χ2n) is 4.75. The van der Waals surface area contributed by atoms with Gasteiger partial charge in [-0.15, -0.1) is 0 Å². The van der Waals surface area contributed by atoms with E-state index >= 15 is 0 Å². The summed E-state index contributed by atoms with van der Waals surface area (Å²) in [5, 5.41) is 2.91. The topological polar surface area (TPSA) is 38.0 Å². The van der Waals surface area contributed by atoms with E-state index in [2.05, 4.69) is 5.32 Å². The van der Waals surface area contributed by atoms with Gasteiger partial charge in [-0.2, -0.15) is 13.2 Å². The molecule has 0 amide bonds. The van der Waals surface area contributed by atoms with Crippen molar-refractivity contribution in [2.24, 2.45) is 5.73 Å². The fourth-order valence-electron chi connectivity index (χ4n) is 1.29. The molecule has 0 aliphatic rings. The predicted octanol–water partition coefficient (Wildman–Crippen LogP) is 2.67. The highest BCUT2D eigenvalue weighted by Crippen LogP contribution is 2.30. The van der Waals surface area contributed by atoms with Crippen molar-refractivity contribution in [3.63, 3.8) is 0 Å². The van der Waals surface area contributed by atoms with Gasteiger partial charge in [0.1, 0.15) is 5.82 Å². The van der Waals surface area contributed by atoms with Gasteiger partial charge in [-0.3, -0.25) is 0 Å². The first-order chi connectivity index (χ1) is 8.15. The van der Waals surface area contributed by atoms with E-state index in [0.717, 1.165) is 18.2 Å². The molecule has 0 heterocycles. The molecule has 6 heteroatoms. The van der Waals surface area contributed by atoms with Crippen molar-refractivity contribution in [2.75, 3.05) is 6.54 Å². The molecule has 3 N–H and O–H groups in total. The van der Waals surface area contributed by atoms with Crippen LogP contribution in [0.15, 0.2) is 18.2 Å². The summed E-state index contributed by atoms with van der Waals surface area (Å²) in [5.41, 5.74) is 4.14. The van der Waals surface area contributed by atoms with Crippen molar-refractivity contribution in [3.05, 3.63) is 35.1 Å². The number of hydrogen-bond donors (Lipinski definition) is 2. The van der Waals surface area contributed by atoms with Crippen LogP contribution in [-0.2, 0) is 12.7 Å². The Kier molecular flexibility index (Phi) is 4.34. The molecule has 0 aliphatic heterocycles. The average Bonchev–Trinajstić information content (AvgIpc) is 2.26. The second kappa shape index (κ2) is 5.24. The van der Waals surface area contributed by atoms with Gasteiger partial charge in [0.15, 0.2) is 0 Å². The Balaban J connectivity index is 2.89. The molecule has 0 fully saturated rings. The lowest BCUT2D eigenvalue weighted by Gasteiger charge is -2.24. The van der Waals surface area contributed by atoms with Crippen LogP contribution in [0.1, 0.15) is 25.0 Å². The maximum absolute atomic E-state index is 13.4. The van der Waals surface area contributed by atoms with E-state index in [9.17, 15) is 17.6 Å². The minimum atomic E-state index is -4.47. The van der Waals surface area contributed by atoms with E-state index in [1.54, 1.807) is 13.8 Å². The molecule has 0 radical (unpaired) electrons. The summed E-state index contributed by atoms with van der Waals surface area (Å²) in [6.45, 7) is 3.88. The molecule has 18 heavy (non-hydrogen) atoms. The van der Waals surface area contributed by atoms with Crippen LogP contribution in [0.2, 0.25) is 0 Å². The van der Waals surface area contributed by atoms with E-state index in [0.29, 0.717) is 6.54 Å². The van der Waals surface area contributed by atoms with E-state index in [1.807, 2.05) is 0 Å². The first kappa shape index (κ1) is 14.9. The average molecular weight is 264 g/mol. The molecule has 0 unspecified atom stereocenters. The highest BCUT2D eigenvalue weighted by Gasteiger charge is 2.31. The van der Waals surface area contributed by atoms with Gasteiger partial charge in [-0.25, -0.2) is 4.39 Å². The molecule has 0 aliphatic carbocycles. The minimum absolute atomic E-state index is 0.0000463. The molecule has 0 aromatic heterocycles. The molecule has 0 atom stereocenters. The van der Waals surface area contributed by atoms with E-state index in [4.69, 9.17) is 5.73 Å². The fraction of sp³-hybridized carbons (Fsp3) is 0.500. The van der Waals surface area contributed by atoms with Gasteiger partial charge in [0.25, 0.3) is 0 Å². The first-order valence-corrected chi connectivity index (χ1v) is 5.46. The maximum atomic E-state index is 13.4. The summed E-state index contributed by atoms with van der Waals surface area (Å²) in [6, 6.07) is 2.37. The van der Waals surface area contributed by atoms with Crippen LogP contribution in [0.25, 0.3) is 0 Å². The van der Waals surface area contributed by atoms with Crippen LogP contribution >= 0.6 is 0 Å². The van der Waals surface area contributed by atoms with Gasteiger partial charge in [-0.1, -0.05) is 0 Å². The predicted molar refractivity (Wildman–Crippen MR) is 61.4 cm³/mol. The number of nitrogens with two attached hydrogens (primary N) is 1. The summed E-state index contributed by atoms with van der Waals surface area (Å²) < 4.78 is 50.8. The molecule has 1 rings (SSSR count). The number of halogens is 4. The van der Waals surface area contributed by atoms with Gasteiger partial charge < -0.3 is 11.1 Å². The summed E-state index contributed by atoms with van der Waals surface area (Å²) in [6.07, 6.45) is -4.47. The lowest BCUT2D eigenvalue weighted by molar-refractivity contribution is -0.137. The molecule has 2 nitrogen and oxygen atoms in total. The van der Waals surface area contributed by atoms with Crippen molar-refractivity contribution < 1.29 is 17.6 Å². The zero-order valence-electron chi connectivity index (χ0n) is 10.2. The van der Waals surface area contributed by atoms with Gasteiger partial charge in [0.2, 0.25) is 0 Å². The number of nitrogens with one attached hydrogen (secondary N) is 1. The summed E-state index contributed by atoms with van der Waals surface area (Å²) in [7, 11) is 0. The van der Waals surface area contributed by atoms with Crippen molar-refractivity contribution in [3.8, 4) is 0 Å². The first-order valence-electron chi connectivity index (χ1n) is 5.46. The number of alkyl halides is 3. The van der Waals surface area contributed by atoms with Crippen LogP contribution in [0.4, 0.5) is 17.6 Å². The Morgan fingerprint density at radius 2 is 1.83 bits per heavy atom. The van der Waals surface area contributed by atoms with Gasteiger partial charge in [0.05, 0.1) is 5.56 Å². The maximum Gasteiger partial charge on any atom is 0.416 e. The van der Waals surface area contributed by atoms with Crippen LogP contribution in [0.3, 0.4) is 0 Å². The zero-order chi connectivity index (χ0) is 14.0. The van der Waals surface area contributed by atoms with E-state index in [1.165, 1.54) is 0 Å². The number of benzene rings is 1. The molecule has 0 saturated heterocycles. The number of hydrogen-bond acceptors (Lipinski definition) is 2. The third-order valence-corrected chi connectivity index (χ3v) is 2.64. The monoisotopic (exact) mass is 264 g/mol. The largest absolute Gasteiger partial charge is 0.416 e. The van der Waals surface area contributed by atoms with Crippen molar-refractivity contribution in [1.82, 2.24) is 5.32 Å². The summed E-state index contributed by atoms with van der Waals surface area (Å²) in [5.74, 6) is -0.664. The molecule has 0 bridgehead atoms. The zero-order valence-corrected chi connectivity index (χ0v) is 10.2. The van der Waals surface area contributed by atoms with Gasteiger partial charge in [0, 0.05) is 24.2 Å². The molecular weight excluding hydrogens is 248 g/mol. The minimum Gasteiger partial charge on any atom is -0.329 e. The summed E-state index contributed by atoms with van der Waals surface area (Å²) >= 11 is 0. The molecule has 1 aromatic carbocycles. The van der Waals surface area contributed by atoms with E-state index in [-0.39, 0.29) is 12.1 Å². The Morgan fingerprint density at radius 3 is 2.33 bits per heavy atom. The molecule has 102 valence electrons. The van der Waals surface area contributed by atoms with Crippen molar-refractivity contribution in [2.45, 2.75) is 32.1 Å². The van der Waals surface area contributed by atoms with Crippen LogP contribution in [-0.4, -0.2) is 12.1 Å². The standard InChI is InChI=1S/C12H16F4N2/c1-11(2,7-17)18-6-8-5-9(12(14,15)16)3-4-10(8)13/h3-5,18H,6-7,17H2,1-2H3. The quantitative estimate of drug-likeness (QED) is 0.820.